The van der Waals surface area contributed by atoms with Crippen LogP contribution in [0.3, 0.4) is 0 Å². The monoisotopic (exact) mass is 494 g/mol. The summed E-state index contributed by atoms with van der Waals surface area (Å²) in [6, 6.07) is 20.9. The van der Waals surface area contributed by atoms with Crippen LogP contribution in [0.1, 0.15) is 16.7 Å². The Morgan fingerprint density at radius 3 is 2.42 bits per heavy atom. The van der Waals surface area contributed by atoms with Crippen molar-refractivity contribution in [3.63, 3.8) is 0 Å². The average molecular weight is 495 g/mol. The standard InChI is InChI=1S/C24H16BrFN2O2S/c25-18-11-10-15(12-16-6-4-5-9-21(16)26)17(13-18)14-20-22(29)27-24(31)28(23(20)30)19-7-2-1-3-8-19/h1-11,13-14H,12H2,(H,27,29,31)/b20-14-. The molecule has 0 saturated carbocycles. The van der Waals surface area contributed by atoms with E-state index in [2.05, 4.69) is 21.2 Å². The molecule has 7 heteroatoms. The topological polar surface area (TPSA) is 49.4 Å². The van der Waals surface area contributed by atoms with Gasteiger partial charge in [0.25, 0.3) is 11.8 Å². The van der Waals surface area contributed by atoms with Crippen LogP contribution in [0.2, 0.25) is 0 Å². The lowest BCUT2D eigenvalue weighted by Gasteiger charge is -2.29. The molecular formula is C24H16BrFN2O2S. The van der Waals surface area contributed by atoms with E-state index in [1.807, 2.05) is 18.2 Å². The minimum atomic E-state index is -0.570. The van der Waals surface area contributed by atoms with E-state index in [1.54, 1.807) is 48.5 Å². The molecule has 1 N–H and O–H groups in total. The third-order valence-corrected chi connectivity index (χ3v) is 5.64. The van der Waals surface area contributed by atoms with Gasteiger partial charge in [-0.2, -0.15) is 0 Å². The third kappa shape index (κ3) is 4.47. The number of amides is 2. The number of thiocarbonyl (C=S) groups is 1. The lowest BCUT2D eigenvalue weighted by Crippen LogP contribution is -2.54. The highest BCUT2D eigenvalue weighted by atomic mass is 79.9. The second-order valence-corrected chi connectivity index (χ2v) is 8.21. The molecule has 0 aromatic heterocycles. The highest BCUT2D eigenvalue weighted by Crippen LogP contribution is 2.26. The molecule has 0 bridgehead atoms. The molecule has 1 aliphatic heterocycles. The Hall–Kier alpha value is -3.16. The first kappa shape index (κ1) is 21.1. The van der Waals surface area contributed by atoms with Crippen LogP contribution in [0.15, 0.2) is 82.8 Å². The Labute approximate surface area is 192 Å². The van der Waals surface area contributed by atoms with Gasteiger partial charge >= 0.3 is 0 Å². The lowest BCUT2D eigenvalue weighted by atomic mass is 9.97. The Bertz CT molecular complexity index is 1230. The second-order valence-electron chi connectivity index (χ2n) is 6.90. The lowest BCUT2D eigenvalue weighted by molar-refractivity contribution is -0.122. The molecule has 4 nitrogen and oxygen atoms in total. The quantitative estimate of drug-likeness (QED) is 0.315. The predicted octanol–water partition coefficient (Wildman–Crippen LogP) is 5.01. The zero-order valence-corrected chi connectivity index (χ0v) is 18.5. The van der Waals surface area contributed by atoms with Gasteiger partial charge in [0, 0.05) is 10.9 Å². The number of para-hydroxylation sites is 1. The maximum absolute atomic E-state index is 14.2. The number of nitrogens with one attached hydrogen (secondary N) is 1. The summed E-state index contributed by atoms with van der Waals surface area (Å²) in [5, 5.41) is 2.61. The van der Waals surface area contributed by atoms with Crippen molar-refractivity contribution in [3.8, 4) is 0 Å². The molecule has 0 unspecified atom stereocenters. The molecule has 4 rings (SSSR count). The maximum atomic E-state index is 14.2. The number of halogens is 2. The van der Waals surface area contributed by atoms with Gasteiger partial charge in [-0.05, 0) is 65.3 Å². The van der Waals surface area contributed by atoms with Crippen molar-refractivity contribution >= 4 is 56.8 Å². The molecule has 1 aliphatic rings. The summed E-state index contributed by atoms with van der Waals surface area (Å²) in [7, 11) is 0. The van der Waals surface area contributed by atoms with Gasteiger partial charge in [-0.1, -0.05) is 58.4 Å². The van der Waals surface area contributed by atoms with Crippen molar-refractivity contribution < 1.29 is 14.0 Å². The van der Waals surface area contributed by atoms with Crippen LogP contribution in [0, 0.1) is 5.82 Å². The van der Waals surface area contributed by atoms with E-state index in [-0.39, 0.29) is 16.5 Å². The smallest absolute Gasteiger partial charge is 0.270 e. The first-order valence-corrected chi connectivity index (χ1v) is 10.6. The molecule has 3 aromatic carbocycles. The molecule has 31 heavy (non-hydrogen) atoms. The fourth-order valence-electron chi connectivity index (χ4n) is 3.33. The summed E-state index contributed by atoms with van der Waals surface area (Å²) in [6.45, 7) is 0. The van der Waals surface area contributed by atoms with E-state index in [1.165, 1.54) is 17.0 Å². The van der Waals surface area contributed by atoms with Gasteiger partial charge in [-0.3, -0.25) is 19.8 Å². The number of benzene rings is 3. The fraction of sp³-hybridized carbons (Fsp3) is 0.0417. The molecule has 0 aliphatic carbocycles. The summed E-state index contributed by atoms with van der Waals surface area (Å²) in [4.78, 5) is 27.1. The number of anilines is 1. The molecule has 0 radical (unpaired) electrons. The minimum absolute atomic E-state index is 0.0270. The van der Waals surface area contributed by atoms with E-state index < -0.39 is 11.8 Å². The SMILES string of the molecule is O=C1NC(=S)N(c2ccccc2)C(=O)/C1=C\c1cc(Br)ccc1Cc1ccccc1F. The van der Waals surface area contributed by atoms with Crippen LogP contribution in [0.5, 0.6) is 0 Å². The predicted molar refractivity (Wildman–Crippen MR) is 126 cm³/mol. The number of nitrogens with zero attached hydrogens (tertiary/aromatic N) is 1. The van der Waals surface area contributed by atoms with Crippen LogP contribution in [-0.2, 0) is 16.0 Å². The minimum Gasteiger partial charge on any atom is -0.298 e. The Balaban J connectivity index is 1.75. The summed E-state index contributed by atoms with van der Waals surface area (Å²) in [6.07, 6.45) is 1.84. The summed E-state index contributed by atoms with van der Waals surface area (Å²) >= 11 is 8.65. The van der Waals surface area contributed by atoms with Gasteiger partial charge in [0.15, 0.2) is 5.11 Å². The van der Waals surface area contributed by atoms with Crippen LogP contribution in [0.25, 0.3) is 6.08 Å². The van der Waals surface area contributed by atoms with Crippen LogP contribution >= 0.6 is 28.1 Å². The fourth-order valence-corrected chi connectivity index (χ4v) is 3.99. The number of rotatable bonds is 4. The van der Waals surface area contributed by atoms with E-state index in [9.17, 15) is 14.0 Å². The van der Waals surface area contributed by atoms with Crippen molar-refractivity contribution in [2.45, 2.75) is 6.42 Å². The van der Waals surface area contributed by atoms with Crippen molar-refractivity contribution in [1.82, 2.24) is 5.32 Å². The Morgan fingerprint density at radius 2 is 1.68 bits per heavy atom. The first-order valence-electron chi connectivity index (χ1n) is 9.42. The van der Waals surface area contributed by atoms with Crippen LogP contribution in [0.4, 0.5) is 10.1 Å². The third-order valence-electron chi connectivity index (χ3n) is 4.86. The number of carbonyl (C=O) groups is 2. The van der Waals surface area contributed by atoms with Gasteiger partial charge in [0.05, 0.1) is 5.69 Å². The first-order chi connectivity index (χ1) is 14.9. The summed E-state index contributed by atoms with van der Waals surface area (Å²) in [5.41, 5.74) is 2.45. The molecule has 0 spiro atoms. The van der Waals surface area contributed by atoms with Crippen molar-refractivity contribution in [3.05, 3.63) is 105 Å². The molecular weight excluding hydrogens is 479 g/mol. The van der Waals surface area contributed by atoms with E-state index in [0.717, 1.165) is 10.0 Å². The number of hydrogen-bond donors (Lipinski definition) is 1. The van der Waals surface area contributed by atoms with Gasteiger partial charge < -0.3 is 0 Å². The highest BCUT2D eigenvalue weighted by molar-refractivity contribution is 9.10. The van der Waals surface area contributed by atoms with Gasteiger partial charge in [-0.15, -0.1) is 0 Å². The van der Waals surface area contributed by atoms with E-state index >= 15 is 0 Å². The van der Waals surface area contributed by atoms with Crippen LogP contribution in [-0.4, -0.2) is 16.9 Å². The van der Waals surface area contributed by atoms with Crippen molar-refractivity contribution in [2.75, 3.05) is 4.90 Å². The van der Waals surface area contributed by atoms with E-state index in [0.29, 0.717) is 23.2 Å². The van der Waals surface area contributed by atoms with Gasteiger partial charge in [-0.25, -0.2) is 4.39 Å². The zero-order chi connectivity index (χ0) is 22.0. The van der Waals surface area contributed by atoms with Crippen molar-refractivity contribution in [1.29, 1.82) is 0 Å². The largest absolute Gasteiger partial charge is 0.298 e. The molecule has 2 amide bonds. The molecule has 1 saturated heterocycles. The molecule has 3 aromatic rings. The molecule has 154 valence electrons. The Kier molecular flexibility index (Phi) is 6.06. The number of carbonyl (C=O) groups excluding carboxylic acids is 2. The Morgan fingerprint density at radius 1 is 0.968 bits per heavy atom. The second kappa shape index (κ2) is 8.91. The van der Waals surface area contributed by atoms with Gasteiger partial charge in [0.2, 0.25) is 0 Å². The zero-order valence-electron chi connectivity index (χ0n) is 16.1. The average Bonchev–Trinajstić information content (AvgIpc) is 2.75. The molecule has 0 atom stereocenters. The summed E-state index contributed by atoms with van der Waals surface area (Å²) < 4.78 is 15.0. The van der Waals surface area contributed by atoms with E-state index in [4.69, 9.17) is 12.2 Å². The normalized spacial score (nSPS) is 15.4. The van der Waals surface area contributed by atoms with Crippen LogP contribution < -0.4 is 10.2 Å². The molecule has 1 fully saturated rings. The molecule has 1 heterocycles. The number of hydrogen-bond acceptors (Lipinski definition) is 3. The van der Waals surface area contributed by atoms with Gasteiger partial charge in [0.1, 0.15) is 11.4 Å². The van der Waals surface area contributed by atoms with Crippen molar-refractivity contribution in [2.24, 2.45) is 0 Å². The maximum Gasteiger partial charge on any atom is 0.270 e. The summed E-state index contributed by atoms with van der Waals surface area (Å²) in [5.74, 6) is -1.40. The highest BCUT2D eigenvalue weighted by Gasteiger charge is 2.34.